The van der Waals surface area contributed by atoms with E-state index < -0.39 is 0 Å². The molecule has 0 spiro atoms. The first-order valence-electron chi connectivity index (χ1n) is 9.48. The molecule has 132 valence electrons. The molecule has 0 unspecified atom stereocenters. The van der Waals surface area contributed by atoms with Gasteiger partial charge in [0.2, 0.25) is 0 Å². The summed E-state index contributed by atoms with van der Waals surface area (Å²) < 4.78 is 0. The fourth-order valence-corrected chi connectivity index (χ4v) is 3.73. The van der Waals surface area contributed by atoms with Gasteiger partial charge in [-0.3, -0.25) is 0 Å². The largest absolute Gasteiger partial charge is 0.236 e. The van der Waals surface area contributed by atoms with Gasteiger partial charge in [-0.1, -0.05) is 30.7 Å². The summed E-state index contributed by atoms with van der Waals surface area (Å²) in [4.78, 5) is 9.05. The van der Waals surface area contributed by atoms with Crippen LogP contribution in [0.25, 0.3) is 11.4 Å². The number of aromatic nitrogens is 2. The van der Waals surface area contributed by atoms with Gasteiger partial charge in [-0.15, -0.1) is 0 Å². The van der Waals surface area contributed by atoms with Gasteiger partial charge in [-0.25, -0.2) is 9.97 Å². The second-order valence-corrected chi connectivity index (χ2v) is 7.51. The Morgan fingerprint density at radius 2 is 1.72 bits per heavy atom. The highest BCUT2D eigenvalue weighted by molar-refractivity contribution is 6.30. The number of allylic oxidation sites excluding steroid dienone is 2. The molecular formula is C22H27ClN2. The molecule has 2 nitrogen and oxygen atoms in total. The quantitative estimate of drug-likeness (QED) is 0.553. The average Bonchev–Trinajstić information content (AvgIpc) is 2.67. The van der Waals surface area contributed by atoms with Crippen LogP contribution < -0.4 is 0 Å². The van der Waals surface area contributed by atoms with E-state index in [1.54, 1.807) is 0 Å². The highest BCUT2D eigenvalue weighted by atomic mass is 35.5. The SMILES string of the molecule is CC/C=C/C1CCC(CCc2cnc(-c3ccc(Cl)cc3)nc2)CC1. The summed E-state index contributed by atoms with van der Waals surface area (Å²) in [5, 5.41) is 0.736. The first-order chi connectivity index (χ1) is 12.2. The van der Waals surface area contributed by atoms with Gasteiger partial charge < -0.3 is 0 Å². The van der Waals surface area contributed by atoms with Gasteiger partial charge in [0.25, 0.3) is 0 Å². The molecule has 25 heavy (non-hydrogen) atoms. The van der Waals surface area contributed by atoms with E-state index in [9.17, 15) is 0 Å². The van der Waals surface area contributed by atoms with Crippen molar-refractivity contribution in [3.8, 4) is 11.4 Å². The molecule has 0 N–H and O–H groups in total. The van der Waals surface area contributed by atoms with Crippen LogP contribution in [0.2, 0.25) is 5.02 Å². The minimum Gasteiger partial charge on any atom is -0.236 e. The maximum absolute atomic E-state index is 5.93. The number of aryl methyl sites for hydroxylation is 1. The van der Waals surface area contributed by atoms with Crippen LogP contribution in [0.4, 0.5) is 0 Å². The molecule has 1 fully saturated rings. The summed E-state index contributed by atoms with van der Waals surface area (Å²) in [5.74, 6) is 2.45. The van der Waals surface area contributed by atoms with Gasteiger partial charge in [0, 0.05) is 23.0 Å². The number of benzene rings is 1. The van der Waals surface area contributed by atoms with E-state index in [0.717, 1.165) is 41.1 Å². The van der Waals surface area contributed by atoms with E-state index in [1.165, 1.54) is 37.7 Å². The van der Waals surface area contributed by atoms with E-state index >= 15 is 0 Å². The lowest BCUT2D eigenvalue weighted by Crippen LogP contribution is -2.13. The zero-order valence-corrected chi connectivity index (χ0v) is 15.8. The Labute approximate surface area is 156 Å². The fraction of sp³-hybridized carbons (Fsp3) is 0.455. The number of rotatable bonds is 6. The second-order valence-electron chi connectivity index (χ2n) is 7.08. The Morgan fingerprint density at radius 1 is 1.04 bits per heavy atom. The molecule has 0 amide bonds. The molecule has 3 heteroatoms. The van der Waals surface area contributed by atoms with Gasteiger partial charge in [0.15, 0.2) is 5.82 Å². The van der Waals surface area contributed by atoms with Gasteiger partial charge in [0.05, 0.1) is 0 Å². The van der Waals surface area contributed by atoms with E-state index in [1.807, 2.05) is 36.7 Å². The van der Waals surface area contributed by atoms with Crippen molar-refractivity contribution in [2.24, 2.45) is 11.8 Å². The Morgan fingerprint density at radius 3 is 2.36 bits per heavy atom. The molecular weight excluding hydrogens is 328 g/mol. The summed E-state index contributed by atoms with van der Waals surface area (Å²) in [7, 11) is 0. The maximum Gasteiger partial charge on any atom is 0.159 e. The van der Waals surface area contributed by atoms with Crippen molar-refractivity contribution in [1.82, 2.24) is 9.97 Å². The van der Waals surface area contributed by atoms with Crippen LogP contribution >= 0.6 is 11.6 Å². The molecule has 0 atom stereocenters. The summed E-state index contributed by atoms with van der Waals surface area (Å²) in [6, 6.07) is 7.67. The molecule has 0 radical (unpaired) electrons. The third-order valence-electron chi connectivity index (χ3n) is 5.18. The van der Waals surface area contributed by atoms with Crippen LogP contribution in [0.1, 0.15) is 51.0 Å². The van der Waals surface area contributed by atoms with Crippen molar-refractivity contribution in [3.63, 3.8) is 0 Å². The number of hydrogen-bond acceptors (Lipinski definition) is 2. The predicted octanol–water partition coefficient (Wildman–Crippen LogP) is 6.50. The molecule has 1 aliphatic carbocycles. The van der Waals surface area contributed by atoms with Crippen molar-refractivity contribution >= 4 is 11.6 Å². The Balaban J connectivity index is 1.48. The highest BCUT2D eigenvalue weighted by Gasteiger charge is 2.19. The molecule has 1 aromatic heterocycles. The Bertz CT molecular complexity index is 668. The molecule has 1 heterocycles. The van der Waals surface area contributed by atoms with E-state index in [2.05, 4.69) is 29.0 Å². The van der Waals surface area contributed by atoms with Gasteiger partial charge in [-0.2, -0.15) is 0 Å². The molecule has 0 aliphatic heterocycles. The molecule has 0 saturated heterocycles. The van der Waals surface area contributed by atoms with Crippen LogP contribution in [-0.2, 0) is 6.42 Å². The number of nitrogens with zero attached hydrogens (tertiary/aromatic N) is 2. The maximum atomic E-state index is 5.93. The Kier molecular flexibility index (Phi) is 6.63. The zero-order chi connectivity index (χ0) is 17.5. The van der Waals surface area contributed by atoms with Crippen LogP contribution in [0.5, 0.6) is 0 Å². The van der Waals surface area contributed by atoms with Gasteiger partial charge in [-0.05, 0) is 86.6 Å². The average molecular weight is 355 g/mol. The summed E-state index contributed by atoms with van der Waals surface area (Å²) >= 11 is 5.93. The van der Waals surface area contributed by atoms with Crippen LogP contribution in [0.3, 0.4) is 0 Å². The normalized spacial score (nSPS) is 20.9. The fourth-order valence-electron chi connectivity index (χ4n) is 3.60. The molecule has 3 rings (SSSR count). The van der Waals surface area contributed by atoms with E-state index in [0.29, 0.717) is 0 Å². The molecule has 2 aromatic rings. The van der Waals surface area contributed by atoms with Crippen molar-refractivity contribution < 1.29 is 0 Å². The van der Waals surface area contributed by atoms with Gasteiger partial charge >= 0.3 is 0 Å². The topological polar surface area (TPSA) is 25.8 Å². The predicted molar refractivity (Wildman–Crippen MR) is 106 cm³/mol. The smallest absolute Gasteiger partial charge is 0.159 e. The van der Waals surface area contributed by atoms with Crippen molar-refractivity contribution in [3.05, 3.63) is 59.4 Å². The summed E-state index contributed by atoms with van der Waals surface area (Å²) in [5.41, 5.74) is 2.25. The van der Waals surface area contributed by atoms with E-state index in [4.69, 9.17) is 11.6 Å². The third kappa shape index (κ3) is 5.40. The molecule has 1 aromatic carbocycles. The monoisotopic (exact) mass is 354 g/mol. The van der Waals surface area contributed by atoms with Crippen molar-refractivity contribution in [2.45, 2.75) is 51.9 Å². The zero-order valence-electron chi connectivity index (χ0n) is 15.0. The lowest BCUT2D eigenvalue weighted by atomic mass is 9.79. The Hall–Kier alpha value is -1.67. The van der Waals surface area contributed by atoms with E-state index in [-0.39, 0.29) is 0 Å². The molecule has 1 aliphatic rings. The first kappa shape index (κ1) is 18.1. The first-order valence-corrected chi connectivity index (χ1v) is 9.86. The minimum absolute atomic E-state index is 0.736. The van der Waals surface area contributed by atoms with Crippen LogP contribution in [0, 0.1) is 11.8 Å². The highest BCUT2D eigenvalue weighted by Crippen LogP contribution is 2.32. The lowest BCUT2D eigenvalue weighted by molar-refractivity contribution is 0.296. The lowest BCUT2D eigenvalue weighted by Gasteiger charge is -2.26. The summed E-state index contributed by atoms with van der Waals surface area (Å²) in [6.07, 6.45) is 17.6. The molecule has 0 bridgehead atoms. The molecule has 1 saturated carbocycles. The second kappa shape index (κ2) is 9.15. The van der Waals surface area contributed by atoms with Gasteiger partial charge in [0.1, 0.15) is 0 Å². The van der Waals surface area contributed by atoms with Crippen LogP contribution in [0.15, 0.2) is 48.8 Å². The minimum atomic E-state index is 0.736. The third-order valence-corrected chi connectivity index (χ3v) is 5.44. The number of halogens is 1. The standard InChI is InChI=1S/C22H27ClN2/c1-2-3-4-17-5-7-18(8-6-17)9-10-19-15-24-22(25-16-19)20-11-13-21(23)14-12-20/h3-4,11-18H,2,5-10H2,1H3/b4-3+. The van der Waals surface area contributed by atoms with Crippen molar-refractivity contribution in [1.29, 1.82) is 0 Å². The summed E-state index contributed by atoms with van der Waals surface area (Å²) in [6.45, 7) is 2.21. The van der Waals surface area contributed by atoms with Crippen molar-refractivity contribution in [2.75, 3.05) is 0 Å². The number of hydrogen-bond donors (Lipinski definition) is 0. The van der Waals surface area contributed by atoms with Crippen LogP contribution in [-0.4, -0.2) is 9.97 Å².